The van der Waals surface area contributed by atoms with Gasteiger partial charge in [0.15, 0.2) is 11.5 Å². The zero-order chi connectivity index (χ0) is 24.0. The highest BCUT2D eigenvalue weighted by molar-refractivity contribution is 5.98. The van der Waals surface area contributed by atoms with Gasteiger partial charge in [0.05, 0.1) is 38.4 Å². The molecule has 0 saturated carbocycles. The Morgan fingerprint density at radius 1 is 0.879 bits per heavy atom. The van der Waals surface area contributed by atoms with Crippen molar-refractivity contribution >= 4 is 11.9 Å². The number of methoxy groups -OCH3 is 3. The molecule has 0 aliphatic carbocycles. The lowest BCUT2D eigenvalue weighted by molar-refractivity contribution is -0.137. The molecule has 33 heavy (non-hydrogen) atoms. The third-order valence-electron chi connectivity index (χ3n) is 5.39. The van der Waals surface area contributed by atoms with E-state index in [-0.39, 0.29) is 6.04 Å². The number of hydrogen-bond donors (Lipinski definition) is 0. The van der Waals surface area contributed by atoms with Gasteiger partial charge in [0.2, 0.25) is 0 Å². The van der Waals surface area contributed by atoms with Crippen molar-refractivity contribution in [3.63, 3.8) is 0 Å². The van der Waals surface area contributed by atoms with Gasteiger partial charge in [-0.25, -0.2) is 9.59 Å². The molecule has 2 aromatic rings. The summed E-state index contributed by atoms with van der Waals surface area (Å²) in [6.07, 6.45) is 3.42. The van der Waals surface area contributed by atoms with Crippen LogP contribution in [-0.2, 0) is 25.7 Å². The first-order valence-corrected chi connectivity index (χ1v) is 10.6. The third-order valence-corrected chi connectivity index (χ3v) is 5.39. The Balaban J connectivity index is 2.01. The topological polar surface area (TPSA) is 74.3 Å². The van der Waals surface area contributed by atoms with Crippen LogP contribution in [0, 0.1) is 0 Å². The van der Waals surface area contributed by atoms with Crippen molar-refractivity contribution < 1.29 is 28.5 Å². The van der Waals surface area contributed by atoms with Gasteiger partial charge in [-0.15, -0.1) is 0 Å². The van der Waals surface area contributed by atoms with E-state index in [1.54, 1.807) is 36.5 Å². The summed E-state index contributed by atoms with van der Waals surface area (Å²) in [5.41, 5.74) is 2.36. The largest absolute Gasteiger partial charge is 0.493 e. The summed E-state index contributed by atoms with van der Waals surface area (Å²) in [7, 11) is 4.18. The van der Waals surface area contributed by atoms with E-state index in [0.717, 1.165) is 5.56 Å². The van der Waals surface area contributed by atoms with E-state index in [1.807, 2.05) is 50.2 Å². The molecule has 7 nitrogen and oxygen atoms in total. The Bertz CT molecular complexity index is 1020. The molecule has 0 N–H and O–H groups in total. The van der Waals surface area contributed by atoms with E-state index < -0.39 is 17.9 Å². The van der Waals surface area contributed by atoms with Crippen molar-refractivity contribution in [2.75, 3.05) is 21.3 Å². The second-order valence-electron chi connectivity index (χ2n) is 7.81. The maximum absolute atomic E-state index is 12.7. The first-order chi connectivity index (χ1) is 15.9. The predicted molar refractivity (Wildman–Crippen MR) is 124 cm³/mol. The van der Waals surface area contributed by atoms with E-state index in [2.05, 4.69) is 0 Å². The summed E-state index contributed by atoms with van der Waals surface area (Å²) >= 11 is 0. The van der Waals surface area contributed by atoms with Crippen molar-refractivity contribution in [2.24, 2.45) is 0 Å². The van der Waals surface area contributed by atoms with Gasteiger partial charge in [0, 0.05) is 18.4 Å². The molecule has 0 bridgehead atoms. The molecule has 1 aliphatic rings. The molecule has 2 aromatic carbocycles. The van der Waals surface area contributed by atoms with E-state index in [1.165, 1.54) is 14.2 Å². The van der Waals surface area contributed by atoms with Gasteiger partial charge in [0.25, 0.3) is 0 Å². The van der Waals surface area contributed by atoms with Crippen LogP contribution in [0.25, 0.3) is 0 Å². The molecule has 3 rings (SSSR count). The van der Waals surface area contributed by atoms with Crippen LogP contribution in [-0.4, -0.2) is 44.2 Å². The molecule has 0 saturated heterocycles. The van der Waals surface area contributed by atoms with Crippen LogP contribution in [0.15, 0.2) is 72.1 Å². The maximum atomic E-state index is 12.7. The van der Waals surface area contributed by atoms with Crippen molar-refractivity contribution in [2.45, 2.75) is 32.4 Å². The van der Waals surface area contributed by atoms with Gasteiger partial charge in [-0.3, -0.25) is 0 Å². The molecule has 0 unspecified atom stereocenters. The number of ether oxygens (including phenoxy) is 4. The molecule has 0 spiro atoms. The highest BCUT2D eigenvalue weighted by Gasteiger charge is 2.36. The molecule has 0 amide bonds. The van der Waals surface area contributed by atoms with Crippen LogP contribution in [0.3, 0.4) is 0 Å². The lowest BCUT2D eigenvalue weighted by atomic mass is 9.83. The van der Waals surface area contributed by atoms with Gasteiger partial charge in [0.1, 0.15) is 6.61 Å². The van der Waals surface area contributed by atoms with Crippen molar-refractivity contribution in [3.8, 4) is 11.5 Å². The van der Waals surface area contributed by atoms with Gasteiger partial charge in [-0.1, -0.05) is 36.4 Å². The molecule has 1 heterocycles. The molecular formula is C26H29NO6. The quantitative estimate of drug-likeness (QED) is 0.557. The average molecular weight is 452 g/mol. The van der Waals surface area contributed by atoms with Crippen molar-refractivity contribution in [3.05, 3.63) is 83.2 Å². The summed E-state index contributed by atoms with van der Waals surface area (Å²) in [4.78, 5) is 27.2. The minimum absolute atomic E-state index is 0.0218. The Labute approximate surface area is 194 Å². The zero-order valence-corrected chi connectivity index (χ0v) is 19.5. The lowest BCUT2D eigenvalue weighted by Crippen LogP contribution is -2.31. The maximum Gasteiger partial charge on any atom is 0.336 e. The number of rotatable bonds is 8. The summed E-state index contributed by atoms with van der Waals surface area (Å²) in [5.74, 6) is -0.691. The second kappa shape index (κ2) is 10.7. The Kier molecular flexibility index (Phi) is 7.77. The predicted octanol–water partition coefficient (Wildman–Crippen LogP) is 4.20. The fourth-order valence-electron chi connectivity index (χ4n) is 3.63. The van der Waals surface area contributed by atoms with Crippen LogP contribution in [0.2, 0.25) is 0 Å². The number of benzene rings is 2. The van der Waals surface area contributed by atoms with Crippen molar-refractivity contribution in [1.29, 1.82) is 0 Å². The summed E-state index contributed by atoms with van der Waals surface area (Å²) in [6.45, 7) is 4.29. The van der Waals surface area contributed by atoms with Crippen LogP contribution in [0.4, 0.5) is 0 Å². The van der Waals surface area contributed by atoms with E-state index in [0.29, 0.717) is 34.8 Å². The SMILES string of the molecule is COC(=O)C1=CN(C(C)C)C=C(C(=O)OC)C1c1ccc(OCc2ccccc2)c(OC)c1. The molecule has 0 aromatic heterocycles. The molecule has 0 atom stereocenters. The first-order valence-electron chi connectivity index (χ1n) is 10.6. The molecular weight excluding hydrogens is 422 g/mol. The minimum atomic E-state index is -0.683. The van der Waals surface area contributed by atoms with Gasteiger partial charge in [-0.05, 0) is 37.1 Å². The second-order valence-corrected chi connectivity index (χ2v) is 7.81. The third kappa shape index (κ3) is 5.37. The van der Waals surface area contributed by atoms with Crippen LogP contribution < -0.4 is 9.47 Å². The van der Waals surface area contributed by atoms with E-state index >= 15 is 0 Å². The number of carbonyl (C=O) groups excluding carboxylic acids is 2. The Hall–Kier alpha value is -3.74. The van der Waals surface area contributed by atoms with Gasteiger partial charge in [-0.2, -0.15) is 0 Å². The summed E-state index contributed by atoms with van der Waals surface area (Å²) < 4.78 is 21.6. The molecule has 7 heteroatoms. The highest BCUT2D eigenvalue weighted by Crippen LogP contribution is 2.40. The van der Waals surface area contributed by atoms with Crippen LogP contribution in [0.1, 0.15) is 30.9 Å². The zero-order valence-electron chi connectivity index (χ0n) is 19.5. The molecule has 0 fully saturated rings. The molecule has 174 valence electrons. The van der Waals surface area contributed by atoms with Gasteiger partial charge < -0.3 is 23.8 Å². The molecule has 1 aliphatic heterocycles. The number of carbonyl (C=O) groups is 2. The first kappa shape index (κ1) is 23.9. The fraction of sp³-hybridized carbons (Fsp3) is 0.308. The average Bonchev–Trinajstić information content (AvgIpc) is 2.86. The van der Waals surface area contributed by atoms with Crippen molar-refractivity contribution in [1.82, 2.24) is 4.90 Å². The number of esters is 2. The Morgan fingerprint density at radius 3 is 2.00 bits per heavy atom. The molecule has 0 radical (unpaired) electrons. The smallest absolute Gasteiger partial charge is 0.336 e. The van der Waals surface area contributed by atoms with Crippen LogP contribution in [0.5, 0.6) is 11.5 Å². The fourth-order valence-corrected chi connectivity index (χ4v) is 3.63. The number of nitrogens with zero attached hydrogens (tertiary/aromatic N) is 1. The van der Waals surface area contributed by atoms with E-state index in [4.69, 9.17) is 18.9 Å². The van der Waals surface area contributed by atoms with Gasteiger partial charge >= 0.3 is 11.9 Å². The lowest BCUT2D eigenvalue weighted by Gasteiger charge is -2.32. The minimum Gasteiger partial charge on any atom is -0.493 e. The monoisotopic (exact) mass is 451 g/mol. The standard InChI is InChI=1S/C26H29NO6/c1-17(2)27-14-20(25(28)31-4)24(21(15-27)26(29)32-5)19-11-12-22(23(13-19)30-3)33-16-18-9-7-6-8-10-18/h6-15,17,24H,16H2,1-5H3. The number of hydrogen-bond acceptors (Lipinski definition) is 7. The highest BCUT2D eigenvalue weighted by atomic mass is 16.5. The summed E-state index contributed by atoms with van der Waals surface area (Å²) in [6, 6.07) is 15.2. The summed E-state index contributed by atoms with van der Waals surface area (Å²) in [5, 5.41) is 0. The van der Waals surface area contributed by atoms with E-state index in [9.17, 15) is 9.59 Å². The Morgan fingerprint density at radius 2 is 1.48 bits per heavy atom. The van der Waals surface area contributed by atoms with Crippen LogP contribution >= 0.6 is 0 Å². The normalized spacial score (nSPS) is 13.8.